The lowest BCUT2D eigenvalue weighted by molar-refractivity contribution is 1.25. The molecule has 0 unspecified atom stereocenters. The Balaban J connectivity index is 2.77. The van der Waals surface area contributed by atoms with E-state index >= 15 is 0 Å². The highest BCUT2D eigenvalue weighted by molar-refractivity contribution is 6.31. The summed E-state index contributed by atoms with van der Waals surface area (Å²) in [6.07, 6.45) is 0. The van der Waals surface area contributed by atoms with E-state index in [0.29, 0.717) is 10.8 Å². The first-order valence-electron chi connectivity index (χ1n) is 3.35. The van der Waals surface area contributed by atoms with E-state index in [4.69, 9.17) is 16.9 Å². The van der Waals surface area contributed by atoms with Crippen LogP contribution in [-0.4, -0.2) is 9.97 Å². The van der Waals surface area contributed by atoms with Crippen molar-refractivity contribution in [2.24, 2.45) is 0 Å². The van der Waals surface area contributed by atoms with Gasteiger partial charge in [-0.05, 0) is 18.2 Å². The summed E-state index contributed by atoms with van der Waals surface area (Å²) in [6, 6.07) is 7.18. The van der Waals surface area contributed by atoms with Crippen molar-refractivity contribution >= 4 is 22.6 Å². The Labute approximate surface area is 73.6 Å². The lowest BCUT2D eigenvalue weighted by Gasteiger charge is -1.87. The number of H-pyrrole nitrogens is 1. The fourth-order valence-electron chi connectivity index (χ4n) is 1.03. The number of benzene rings is 1. The minimum atomic E-state index is 0.312. The van der Waals surface area contributed by atoms with Gasteiger partial charge in [0.25, 0.3) is 0 Å². The second kappa shape index (κ2) is 2.50. The van der Waals surface area contributed by atoms with Crippen LogP contribution >= 0.6 is 11.6 Å². The second-order valence-electron chi connectivity index (χ2n) is 2.36. The van der Waals surface area contributed by atoms with Gasteiger partial charge in [0.15, 0.2) is 0 Å². The van der Waals surface area contributed by atoms with E-state index in [9.17, 15) is 0 Å². The van der Waals surface area contributed by atoms with Crippen LogP contribution in [0.4, 0.5) is 0 Å². The average molecular weight is 178 g/mol. The molecule has 4 heteroatoms. The Hall–Kier alpha value is -1.53. The molecular weight excluding hydrogens is 174 g/mol. The van der Waals surface area contributed by atoms with Crippen LogP contribution in [0.5, 0.6) is 0 Å². The predicted octanol–water partition coefficient (Wildman–Crippen LogP) is 2.09. The van der Waals surface area contributed by atoms with E-state index in [1.165, 1.54) is 0 Å². The zero-order valence-electron chi connectivity index (χ0n) is 6.00. The van der Waals surface area contributed by atoms with Crippen molar-refractivity contribution in [3.8, 4) is 6.07 Å². The molecule has 0 spiro atoms. The zero-order valence-corrected chi connectivity index (χ0v) is 6.76. The van der Waals surface area contributed by atoms with E-state index in [0.717, 1.165) is 11.0 Å². The molecule has 3 nitrogen and oxygen atoms in total. The summed E-state index contributed by atoms with van der Waals surface area (Å²) in [5.41, 5.74) is 1.55. The summed E-state index contributed by atoms with van der Waals surface area (Å²) < 4.78 is 0. The topological polar surface area (TPSA) is 52.5 Å². The smallest absolute Gasteiger partial charge is 0.211 e. The minimum absolute atomic E-state index is 0.312. The standard InChI is InChI=1S/C8H4ClN3/c9-5-1-2-6-7(3-5)12-8(4-10)11-6/h1-3H,(H,11,12). The maximum absolute atomic E-state index is 8.53. The number of nitrogens with zero attached hydrogens (tertiary/aromatic N) is 2. The molecule has 2 rings (SSSR count). The van der Waals surface area contributed by atoms with E-state index in [-0.39, 0.29) is 0 Å². The van der Waals surface area contributed by atoms with Crippen LogP contribution in [0.25, 0.3) is 11.0 Å². The van der Waals surface area contributed by atoms with Crippen LogP contribution < -0.4 is 0 Å². The van der Waals surface area contributed by atoms with Gasteiger partial charge in [0.1, 0.15) is 6.07 Å². The van der Waals surface area contributed by atoms with Gasteiger partial charge < -0.3 is 4.98 Å². The van der Waals surface area contributed by atoms with E-state index in [1.807, 2.05) is 6.07 Å². The highest BCUT2D eigenvalue weighted by atomic mass is 35.5. The molecular formula is C8H4ClN3. The van der Waals surface area contributed by atoms with Gasteiger partial charge in [0.05, 0.1) is 11.0 Å². The fraction of sp³-hybridized carbons (Fsp3) is 0. The van der Waals surface area contributed by atoms with Crippen molar-refractivity contribution < 1.29 is 0 Å². The molecule has 1 N–H and O–H groups in total. The number of rotatable bonds is 0. The summed E-state index contributed by atoms with van der Waals surface area (Å²) >= 11 is 5.74. The van der Waals surface area contributed by atoms with Gasteiger partial charge in [-0.15, -0.1) is 0 Å². The Morgan fingerprint density at radius 2 is 2.33 bits per heavy atom. The Morgan fingerprint density at radius 3 is 3.08 bits per heavy atom. The maximum Gasteiger partial charge on any atom is 0.211 e. The molecule has 2 aromatic rings. The van der Waals surface area contributed by atoms with Gasteiger partial charge in [0, 0.05) is 5.02 Å². The third-order valence-electron chi connectivity index (χ3n) is 1.55. The van der Waals surface area contributed by atoms with Crippen LogP contribution in [0.15, 0.2) is 18.2 Å². The van der Waals surface area contributed by atoms with Gasteiger partial charge in [-0.25, -0.2) is 4.98 Å². The van der Waals surface area contributed by atoms with Gasteiger partial charge >= 0.3 is 0 Å². The molecule has 0 atom stereocenters. The zero-order chi connectivity index (χ0) is 8.55. The first kappa shape index (κ1) is 7.14. The summed E-state index contributed by atoms with van der Waals surface area (Å²) in [5.74, 6) is 0.312. The molecule has 0 radical (unpaired) electrons. The number of hydrogen-bond donors (Lipinski definition) is 1. The summed E-state index contributed by atoms with van der Waals surface area (Å²) in [5, 5.41) is 9.17. The molecule has 12 heavy (non-hydrogen) atoms. The number of imidazole rings is 1. The molecule has 0 saturated carbocycles. The normalized spacial score (nSPS) is 10.0. The molecule has 1 aromatic heterocycles. The quantitative estimate of drug-likeness (QED) is 0.670. The minimum Gasteiger partial charge on any atom is -0.329 e. The Bertz CT molecular complexity index is 467. The molecule has 0 aliphatic rings. The Morgan fingerprint density at radius 1 is 1.50 bits per heavy atom. The van der Waals surface area contributed by atoms with Crippen LogP contribution in [0, 0.1) is 11.3 Å². The van der Waals surface area contributed by atoms with Crippen LogP contribution in [0.3, 0.4) is 0 Å². The molecule has 0 bridgehead atoms. The lowest BCUT2D eigenvalue weighted by Crippen LogP contribution is -1.71. The third-order valence-corrected chi connectivity index (χ3v) is 1.78. The molecule has 58 valence electrons. The van der Waals surface area contributed by atoms with Crippen molar-refractivity contribution in [3.63, 3.8) is 0 Å². The third kappa shape index (κ3) is 1.03. The van der Waals surface area contributed by atoms with E-state index in [2.05, 4.69) is 9.97 Å². The van der Waals surface area contributed by atoms with Crippen LogP contribution in [0.2, 0.25) is 5.02 Å². The first-order chi connectivity index (χ1) is 5.79. The SMILES string of the molecule is N#Cc1nc2ccc(Cl)cc2[nH]1. The monoisotopic (exact) mass is 177 g/mol. The maximum atomic E-state index is 8.53. The first-order valence-corrected chi connectivity index (χ1v) is 3.73. The molecule has 0 saturated heterocycles. The largest absolute Gasteiger partial charge is 0.329 e. The molecule has 0 fully saturated rings. The number of fused-ring (bicyclic) bond motifs is 1. The van der Waals surface area contributed by atoms with Gasteiger partial charge in [-0.1, -0.05) is 11.6 Å². The lowest BCUT2D eigenvalue weighted by atomic mass is 10.3. The van der Waals surface area contributed by atoms with Gasteiger partial charge in [0.2, 0.25) is 5.82 Å². The highest BCUT2D eigenvalue weighted by Gasteiger charge is 2.00. The van der Waals surface area contributed by atoms with Crippen LogP contribution in [-0.2, 0) is 0 Å². The number of nitriles is 1. The summed E-state index contributed by atoms with van der Waals surface area (Å²) in [6.45, 7) is 0. The average Bonchev–Trinajstić information content (AvgIpc) is 2.46. The van der Waals surface area contributed by atoms with Crippen LogP contribution in [0.1, 0.15) is 5.82 Å². The van der Waals surface area contributed by atoms with Gasteiger partial charge in [-0.2, -0.15) is 5.26 Å². The summed E-state index contributed by atoms with van der Waals surface area (Å²) in [4.78, 5) is 6.83. The number of aromatic nitrogens is 2. The molecule has 1 aromatic carbocycles. The predicted molar refractivity (Wildman–Crippen MR) is 45.8 cm³/mol. The van der Waals surface area contributed by atoms with E-state index in [1.54, 1.807) is 18.2 Å². The van der Waals surface area contributed by atoms with E-state index < -0.39 is 0 Å². The Kier molecular flexibility index (Phi) is 1.49. The number of halogens is 1. The van der Waals surface area contributed by atoms with Gasteiger partial charge in [-0.3, -0.25) is 0 Å². The number of nitrogens with one attached hydrogen (secondary N) is 1. The fourth-order valence-corrected chi connectivity index (χ4v) is 1.21. The van der Waals surface area contributed by atoms with Crippen molar-refractivity contribution in [2.45, 2.75) is 0 Å². The van der Waals surface area contributed by atoms with Crippen molar-refractivity contribution in [3.05, 3.63) is 29.0 Å². The molecule has 0 aliphatic heterocycles. The molecule has 1 heterocycles. The van der Waals surface area contributed by atoms with Crippen molar-refractivity contribution in [1.82, 2.24) is 9.97 Å². The summed E-state index contributed by atoms with van der Waals surface area (Å²) in [7, 11) is 0. The number of hydrogen-bond acceptors (Lipinski definition) is 2. The second-order valence-corrected chi connectivity index (χ2v) is 2.80. The highest BCUT2D eigenvalue weighted by Crippen LogP contribution is 2.16. The van der Waals surface area contributed by atoms with Crippen molar-refractivity contribution in [2.75, 3.05) is 0 Å². The number of aromatic amines is 1. The molecule has 0 aliphatic carbocycles. The molecule has 0 amide bonds. The van der Waals surface area contributed by atoms with Crippen molar-refractivity contribution in [1.29, 1.82) is 5.26 Å².